The Kier molecular flexibility index (Phi) is 12.9. The van der Waals surface area contributed by atoms with Crippen LogP contribution >= 0.6 is 0 Å². The minimum atomic E-state index is -4.68. The van der Waals surface area contributed by atoms with Gasteiger partial charge in [0.25, 0.3) is 27.5 Å². The predicted octanol–water partition coefficient (Wildman–Crippen LogP) is 10.2. The van der Waals surface area contributed by atoms with Crippen molar-refractivity contribution >= 4 is 44.0 Å². The number of pyridine rings is 1. The standard InChI is InChI=1S/C55H68N8O8S/c1-34(2)41-8-5-6-9-42(41)45-10-7-23-62(45)38-30-55(31-38)19-24-61(25-20-55)37-11-12-43(47(27-37)71-49-26-36-15-22-57-51(36)59-53(49)70-39-16-21-56-32-39)52(64)60-72(67,68)40-28-46(63(65)66)50-48(29-40)69-33-44(58-50)35-13-17-54(3,4)18-14-35/h5-6,8-9,11-12,15,22,26-29,34-35,38-39,44-45,56,58H,7,10,13-14,16-21,23-25,30-33H2,1-4H3,(H,57,59)(H,60,64)/t39-,44-,45+/m1/s1. The highest BCUT2D eigenvalue weighted by molar-refractivity contribution is 7.90. The lowest BCUT2D eigenvalue weighted by molar-refractivity contribution is -0.384. The Balaban J connectivity index is 0.842. The number of benzene rings is 3. The molecular formula is C55H68N8O8S. The number of amides is 1. The Morgan fingerprint density at radius 1 is 0.958 bits per heavy atom. The molecule has 1 spiro atoms. The van der Waals surface area contributed by atoms with E-state index in [1.54, 1.807) is 24.4 Å². The molecule has 1 amide bonds. The quantitative estimate of drug-likeness (QED) is 0.0644. The van der Waals surface area contributed by atoms with Crippen LogP contribution in [0.1, 0.15) is 132 Å². The molecule has 72 heavy (non-hydrogen) atoms. The largest absolute Gasteiger partial charge is 0.489 e. The Bertz CT molecular complexity index is 2960. The maximum Gasteiger partial charge on any atom is 0.297 e. The van der Waals surface area contributed by atoms with Crippen molar-refractivity contribution in [2.45, 2.75) is 133 Å². The molecule has 382 valence electrons. The summed E-state index contributed by atoms with van der Waals surface area (Å²) < 4.78 is 49.8. The second-order valence-corrected chi connectivity index (χ2v) is 24.2. The number of ether oxygens (including phenoxy) is 3. The van der Waals surface area contributed by atoms with Crippen LogP contribution in [0.25, 0.3) is 11.0 Å². The summed E-state index contributed by atoms with van der Waals surface area (Å²) in [5.41, 5.74) is 4.56. The second-order valence-electron chi connectivity index (χ2n) is 22.5. The van der Waals surface area contributed by atoms with Crippen molar-refractivity contribution in [3.63, 3.8) is 0 Å². The first kappa shape index (κ1) is 48.4. The molecule has 3 saturated heterocycles. The Morgan fingerprint density at radius 3 is 2.50 bits per heavy atom. The molecule has 0 bridgehead atoms. The maximum atomic E-state index is 14.4. The second kappa shape index (κ2) is 19.2. The summed E-state index contributed by atoms with van der Waals surface area (Å²) >= 11 is 0. The van der Waals surface area contributed by atoms with Gasteiger partial charge in [0, 0.05) is 67.2 Å². The van der Waals surface area contributed by atoms with Gasteiger partial charge in [0.1, 0.15) is 24.1 Å². The smallest absolute Gasteiger partial charge is 0.297 e. The fourth-order valence-corrected chi connectivity index (χ4v) is 13.7. The number of carbonyl (C=O) groups excluding carboxylic acids is 1. The highest BCUT2D eigenvalue weighted by atomic mass is 32.2. The monoisotopic (exact) mass is 1000 g/mol. The molecule has 2 aliphatic carbocycles. The van der Waals surface area contributed by atoms with Crippen LogP contribution in [0.15, 0.2) is 77.8 Å². The number of nitro groups is 1. The van der Waals surface area contributed by atoms with Crippen LogP contribution in [-0.4, -0.2) is 91.6 Å². The number of rotatable bonds is 13. The van der Waals surface area contributed by atoms with Gasteiger partial charge in [-0.3, -0.25) is 19.8 Å². The zero-order chi connectivity index (χ0) is 49.9. The first-order valence-electron chi connectivity index (χ1n) is 26.2. The van der Waals surface area contributed by atoms with Gasteiger partial charge in [-0.1, -0.05) is 52.0 Å². The van der Waals surface area contributed by atoms with Gasteiger partial charge in [-0.05, 0) is 142 Å². The summed E-state index contributed by atoms with van der Waals surface area (Å²) in [6.07, 6.45) is 13.3. The highest BCUT2D eigenvalue weighted by Gasteiger charge is 2.50. The van der Waals surface area contributed by atoms with Crippen molar-refractivity contribution in [3.8, 4) is 23.1 Å². The number of fused-ring (bicyclic) bond motifs is 2. The van der Waals surface area contributed by atoms with Crippen molar-refractivity contribution in [2.75, 3.05) is 49.5 Å². The number of nitrogens with one attached hydrogen (secondary N) is 4. The van der Waals surface area contributed by atoms with Crippen molar-refractivity contribution in [2.24, 2.45) is 16.7 Å². The average molecular weight is 1000 g/mol. The summed E-state index contributed by atoms with van der Waals surface area (Å²) in [6, 6.07) is 21.0. The number of hydrogen-bond donors (Lipinski definition) is 4. The van der Waals surface area contributed by atoms with E-state index in [4.69, 9.17) is 19.2 Å². The van der Waals surface area contributed by atoms with E-state index >= 15 is 0 Å². The lowest BCUT2D eigenvalue weighted by atomic mass is 9.59. The molecule has 0 radical (unpaired) electrons. The molecule has 3 aromatic carbocycles. The fourth-order valence-electron chi connectivity index (χ4n) is 12.7. The van der Waals surface area contributed by atoms with E-state index in [1.165, 1.54) is 42.9 Å². The van der Waals surface area contributed by atoms with Crippen LogP contribution in [0.4, 0.5) is 17.1 Å². The molecule has 6 heterocycles. The maximum absolute atomic E-state index is 14.4. The Labute approximate surface area is 422 Å². The lowest BCUT2D eigenvalue weighted by Crippen LogP contribution is -2.54. The van der Waals surface area contributed by atoms with E-state index in [1.807, 2.05) is 12.1 Å². The number of H-pyrrole nitrogens is 1. The number of hydrogen-bond acceptors (Lipinski definition) is 13. The zero-order valence-corrected chi connectivity index (χ0v) is 42.7. The van der Waals surface area contributed by atoms with Crippen LogP contribution in [0.3, 0.4) is 0 Å². The third-order valence-corrected chi connectivity index (χ3v) is 18.3. The first-order valence-corrected chi connectivity index (χ1v) is 27.7. The minimum Gasteiger partial charge on any atom is -0.489 e. The summed E-state index contributed by atoms with van der Waals surface area (Å²) in [4.78, 5) is 38.9. The normalized spacial score (nSPS) is 23.3. The number of likely N-dealkylation sites (tertiary alicyclic amines) is 1. The van der Waals surface area contributed by atoms with Gasteiger partial charge in [-0.25, -0.2) is 13.1 Å². The van der Waals surface area contributed by atoms with E-state index in [0.29, 0.717) is 30.2 Å². The molecule has 0 unspecified atom stereocenters. The molecule has 5 aromatic rings. The van der Waals surface area contributed by atoms with Crippen LogP contribution < -0.4 is 34.5 Å². The van der Waals surface area contributed by atoms with E-state index in [2.05, 4.69) is 82.1 Å². The molecule has 4 aliphatic heterocycles. The number of piperidine rings is 1. The predicted molar refractivity (Wildman–Crippen MR) is 277 cm³/mol. The molecule has 3 atom stereocenters. The van der Waals surface area contributed by atoms with Gasteiger partial charge in [-0.15, -0.1) is 0 Å². The summed E-state index contributed by atoms with van der Waals surface area (Å²) in [5, 5.41) is 20.0. The van der Waals surface area contributed by atoms with Crippen LogP contribution in [0, 0.1) is 26.9 Å². The topological polar surface area (TPSA) is 193 Å². The number of nitrogens with zero attached hydrogens (tertiary/aromatic N) is 4. The van der Waals surface area contributed by atoms with Crippen molar-refractivity contribution < 1.29 is 32.3 Å². The zero-order valence-electron chi connectivity index (χ0n) is 41.9. The van der Waals surface area contributed by atoms with Crippen LogP contribution in [0.5, 0.6) is 23.1 Å². The SMILES string of the molecule is CC(C)c1ccccc1[C@@H]1CCCN1C1CC2(CCN(c3ccc(C(=O)NS(=O)(=O)c4cc5c(c([N+](=O)[O-])c4)N[C@@H](C4CCC(C)(C)CC4)CO5)c(Oc4cc5cc[nH]c5nc4O[C@@H]4CCNC4)c3)CC2)C1. The number of nitro benzene ring substituents is 1. The van der Waals surface area contributed by atoms with Gasteiger partial charge in [0.15, 0.2) is 17.2 Å². The molecule has 16 nitrogen and oxygen atoms in total. The molecule has 5 fully saturated rings. The van der Waals surface area contributed by atoms with Gasteiger partial charge in [0.05, 0.1) is 21.4 Å². The molecule has 6 aliphatic rings. The summed E-state index contributed by atoms with van der Waals surface area (Å²) in [7, 11) is -4.68. The van der Waals surface area contributed by atoms with Crippen LogP contribution in [0.2, 0.25) is 0 Å². The molecule has 2 saturated carbocycles. The fraction of sp³-hybridized carbons (Fsp3) is 0.527. The van der Waals surface area contributed by atoms with Gasteiger partial charge < -0.3 is 34.7 Å². The van der Waals surface area contributed by atoms with Gasteiger partial charge in [-0.2, -0.15) is 4.98 Å². The molecular weight excluding hydrogens is 933 g/mol. The highest BCUT2D eigenvalue weighted by Crippen LogP contribution is 2.55. The average Bonchev–Trinajstić information content (AvgIpc) is 4.16. The Morgan fingerprint density at radius 2 is 1.75 bits per heavy atom. The summed E-state index contributed by atoms with van der Waals surface area (Å²) in [6.45, 7) is 13.5. The number of sulfonamides is 1. The third-order valence-electron chi connectivity index (χ3n) is 16.9. The third kappa shape index (κ3) is 9.59. The van der Waals surface area contributed by atoms with Crippen molar-refractivity contribution in [1.29, 1.82) is 0 Å². The van der Waals surface area contributed by atoms with E-state index in [-0.39, 0.29) is 69.9 Å². The van der Waals surface area contributed by atoms with E-state index in [9.17, 15) is 23.3 Å². The first-order chi connectivity index (χ1) is 34.6. The lowest BCUT2D eigenvalue weighted by Gasteiger charge is -2.56. The number of anilines is 2. The van der Waals surface area contributed by atoms with Crippen LogP contribution in [-0.2, 0) is 10.0 Å². The number of aromatic nitrogens is 2. The van der Waals surface area contributed by atoms with E-state index < -0.39 is 31.4 Å². The Hall–Kier alpha value is -5.91. The molecule has 2 aromatic heterocycles. The van der Waals surface area contributed by atoms with E-state index in [0.717, 1.165) is 88.3 Å². The number of aromatic amines is 1. The number of carbonyl (C=O) groups is 1. The minimum absolute atomic E-state index is 0.0452. The molecule has 11 rings (SSSR count). The summed E-state index contributed by atoms with van der Waals surface area (Å²) in [5.74, 6) is 0.431. The van der Waals surface area contributed by atoms with Gasteiger partial charge >= 0.3 is 0 Å². The molecule has 17 heteroatoms. The van der Waals surface area contributed by atoms with Crippen molar-refractivity contribution in [3.05, 3.63) is 99.7 Å². The van der Waals surface area contributed by atoms with Crippen molar-refractivity contribution in [1.82, 2.24) is 24.9 Å². The van der Waals surface area contributed by atoms with Gasteiger partial charge in [0.2, 0.25) is 0 Å². The molecule has 4 N–H and O–H groups in total.